The number of carbonyl (C=O) groups is 8. The second-order valence-corrected chi connectivity index (χ2v) is 27.1. The van der Waals surface area contributed by atoms with E-state index in [-0.39, 0.29) is 17.8 Å². The zero-order valence-corrected chi connectivity index (χ0v) is 62.4. The van der Waals surface area contributed by atoms with Crippen LogP contribution in [0.1, 0.15) is 113 Å². The Hall–Kier alpha value is -7.51. The van der Waals surface area contributed by atoms with Crippen molar-refractivity contribution < 1.29 is 74.2 Å². The largest absolute Gasteiger partial charge is 0.449 e. The van der Waals surface area contributed by atoms with Gasteiger partial charge in [-0.05, 0) is 233 Å². The van der Waals surface area contributed by atoms with Crippen molar-refractivity contribution in [2.75, 3.05) is 67.3 Å². The second kappa shape index (κ2) is 42.7. The number of nitrogen functional groups attached to an aromatic ring is 2. The van der Waals surface area contributed by atoms with Crippen LogP contribution in [0, 0.1) is 27.7 Å². The normalized spacial score (nSPS) is 15.4. The number of hydrogen-bond donors (Lipinski definition) is 7. The van der Waals surface area contributed by atoms with Gasteiger partial charge >= 0.3 is 59.1 Å². The highest BCUT2D eigenvalue weighted by molar-refractivity contribution is 9.11. The summed E-state index contributed by atoms with van der Waals surface area (Å²) in [6.07, 6.45) is 6.38. The zero-order valence-electron chi connectivity index (χ0n) is 54.4. The van der Waals surface area contributed by atoms with Gasteiger partial charge in [0.2, 0.25) is 0 Å². The number of anilines is 5. The molecule has 10 rings (SSSR count). The number of hydrogen-bond acceptors (Lipinski definition) is 21. The van der Waals surface area contributed by atoms with Gasteiger partial charge in [0, 0.05) is 33.8 Å². The topological polar surface area (TPSA) is 339 Å². The van der Waals surface area contributed by atoms with E-state index in [1.807, 2.05) is 66.3 Å². The van der Waals surface area contributed by atoms with Gasteiger partial charge in [-0.15, -0.1) is 34.0 Å². The summed E-state index contributed by atoms with van der Waals surface area (Å²) in [5.74, 6) is -6.43. The van der Waals surface area contributed by atoms with Crippen LogP contribution in [-0.2, 0) is 47.8 Å². The van der Waals surface area contributed by atoms with Crippen LogP contribution in [0.25, 0.3) is 0 Å². The third-order valence-electron chi connectivity index (χ3n) is 13.9. The Labute approximate surface area is 614 Å². The fourth-order valence-electron chi connectivity index (χ4n) is 9.20. The molecule has 10 N–H and O–H groups in total. The molecule has 3 fully saturated rings. The Morgan fingerprint density at radius 2 is 0.940 bits per heavy atom. The molecule has 3 atom stereocenters. The summed E-state index contributed by atoms with van der Waals surface area (Å²) >= 11 is 19.3. The van der Waals surface area contributed by atoms with Crippen LogP contribution in [0.15, 0.2) is 115 Å². The molecule has 100 heavy (non-hydrogen) atoms. The number of thiophene rings is 3. The number of esters is 2. The number of aryl methyl sites for hydroxylation is 4. The second-order valence-electron chi connectivity index (χ2n) is 21.6. The fourth-order valence-corrected chi connectivity index (χ4v) is 12.5. The number of alkyl halides is 6. The molecule has 0 aliphatic carbocycles. The van der Waals surface area contributed by atoms with Crippen LogP contribution < -0.4 is 38.5 Å². The van der Waals surface area contributed by atoms with Crippen LogP contribution in [-0.4, -0.2) is 129 Å². The molecule has 0 spiro atoms. The number of pyridine rings is 4. The summed E-state index contributed by atoms with van der Waals surface area (Å²) in [7, 11) is 1.50. The SMILES string of the molecule is CN.Cc1cc(N)cnc1Br.Cc1cc(NC(=O)C(=O)N2CCCCC2c2cccs2)cnc1Br.Cc1cc(NC(=O)C(=O)N2CCCCC2c2cccs2)cnc1N.Cc1cc(NC(=O)C(=O)OCC(F)(F)F)cnc1Br.O=C(Cl)C(=O)OCC(F)(F)F.c1csc(C2CCCCN2)c1. The molecule has 3 unspecified atom stereocenters. The van der Waals surface area contributed by atoms with Crippen molar-refractivity contribution in [2.45, 2.75) is 116 Å². The highest BCUT2D eigenvalue weighted by atomic mass is 79.9. The van der Waals surface area contributed by atoms with Crippen molar-refractivity contribution in [1.29, 1.82) is 0 Å². The van der Waals surface area contributed by atoms with E-state index in [1.54, 1.807) is 64.7 Å². The number of piperidine rings is 3. The number of nitrogens with one attached hydrogen (secondary N) is 4. The first-order chi connectivity index (χ1) is 47.3. The molecule has 0 aromatic carbocycles. The minimum absolute atomic E-state index is 0.00165. The third kappa shape index (κ3) is 30.0. The maximum Gasteiger partial charge on any atom is 0.422 e. The van der Waals surface area contributed by atoms with Gasteiger partial charge in [-0.3, -0.25) is 28.8 Å². The van der Waals surface area contributed by atoms with Crippen molar-refractivity contribution in [3.8, 4) is 0 Å². The lowest BCUT2D eigenvalue weighted by Gasteiger charge is -2.34. The number of amides is 5. The minimum atomic E-state index is -4.67. The molecule has 542 valence electrons. The summed E-state index contributed by atoms with van der Waals surface area (Å²) in [6, 6.07) is 19.9. The molecule has 3 aliphatic heterocycles. The average molecular weight is 1670 g/mol. The van der Waals surface area contributed by atoms with Gasteiger partial charge in [-0.25, -0.2) is 29.5 Å². The van der Waals surface area contributed by atoms with Gasteiger partial charge in [-0.2, -0.15) is 26.3 Å². The highest BCUT2D eigenvalue weighted by Gasteiger charge is 2.35. The van der Waals surface area contributed by atoms with Crippen LogP contribution >= 0.6 is 93.4 Å². The first kappa shape index (κ1) is 84.9. The van der Waals surface area contributed by atoms with E-state index < -0.39 is 72.3 Å². The van der Waals surface area contributed by atoms with E-state index in [2.05, 4.69) is 133 Å². The molecule has 10 heterocycles. The van der Waals surface area contributed by atoms with E-state index in [9.17, 15) is 64.7 Å². The molecule has 0 radical (unpaired) electrons. The van der Waals surface area contributed by atoms with Gasteiger partial charge in [-0.1, -0.05) is 24.6 Å². The number of ether oxygens (including phenoxy) is 2. The molecule has 0 bridgehead atoms. The fraction of sp³-hybridized carbons (Fsp3) is 0.375. The van der Waals surface area contributed by atoms with Crippen LogP contribution in [0.2, 0.25) is 0 Å². The number of carbonyl (C=O) groups excluding carboxylic acids is 8. The van der Waals surface area contributed by atoms with Crippen molar-refractivity contribution in [2.24, 2.45) is 5.73 Å². The number of nitrogens with two attached hydrogens (primary N) is 3. The monoisotopic (exact) mass is 1670 g/mol. The molecule has 7 aromatic heterocycles. The van der Waals surface area contributed by atoms with Crippen molar-refractivity contribution in [1.82, 2.24) is 35.1 Å². The number of halogens is 10. The number of likely N-dealkylation sites (tertiary alicyclic amines) is 2. The summed E-state index contributed by atoms with van der Waals surface area (Å²) in [5.41, 5.74) is 20.9. The van der Waals surface area contributed by atoms with Gasteiger partial charge in [0.1, 0.15) is 19.6 Å². The van der Waals surface area contributed by atoms with E-state index in [4.69, 9.17) is 11.5 Å². The van der Waals surface area contributed by atoms with Crippen LogP contribution in [0.5, 0.6) is 0 Å². The van der Waals surface area contributed by atoms with E-state index in [0.29, 0.717) is 52.2 Å². The smallest absolute Gasteiger partial charge is 0.422 e. The average Bonchev–Trinajstić information content (AvgIpc) is 0.947. The van der Waals surface area contributed by atoms with E-state index in [1.165, 1.54) is 62.4 Å². The lowest BCUT2D eigenvalue weighted by Crippen LogP contribution is -2.44. The Bertz CT molecular complexity index is 3680. The van der Waals surface area contributed by atoms with Crippen LogP contribution in [0.4, 0.5) is 54.9 Å². The maximum atomic E-state index is 12.6. The zero-order chi connectivity index (χ0) is 74.3. The summed E-state index contributed by atoms with van der Waals surface area (Å²) < 4.78 is 78.4. The number of rotatable bonds is 9. The lowest BCUT2D eigenvalue weighted by atomic mass is 10.0. The molecule has 36 heteroatoms. The molecule has 5 amide bonds. The molecule has 7 aromatic rings. The molecule has 3 aliphatic rings. The van der Waals surface area contributed by atoms with Gasteiger partial charge in [0.05, 0.1) is 59.6 Å². The number of aromatic nitrogens is 4. The van der Waals surface area contributed by atoms with Crippen molar-refractivity contribution >= 4 is 169 Å². The minimum Gasteiger partial charge on any atom is -0.449 e. The predicted octanol–water partition coefficient (Wildman–Crippen LogP) is 13.6. The van der Waals surface area contributed by atoms with Crippen LogP contribution in [0.3, 0.4) is 0 Å². The predicted molar refractivity (Wildman–Crippen MR) is 383 cm³/mol. The van der Waals surface area contributed by atoms with Gasteiger partial charge < -0.3 is 57.7 Å². The molecular formula is C64H73Br3ClF6N13O10S3. The Balaban J connectivity index is 0.000000263. The quantitative estimate of drug-likeness (QED) is 0.0232. The summed E-state index contributed by atoms with van der Waals surface area (Å²) in [5, 5.41) is 15.5. The van der Waals surface area contributed by atoms with Gasteiger partial charge in [0.15, 0.2) is 13.2 Å². The molecule has 0 saturated carbocycles. The first-order valence-corrected chi connectivity index (χ1v) is 35.7. The summed E-state index contributed by atoms with van der Waals surface area (Å²) in [4.78, 5) is 115. The van der Waals surface area contributed by atoms with Gasteiger partial charge in [0.25, 0.3) is 0 Å². The van der Waals surface area contributed by atoms with Crippen molar-refractivity contribution in [3.63, 3.8) is 0 Å². The van der Waals surface area contributed by atoms with E-state index in [0.717, 1.165) is 74.2 Å². The molecule has 23 nitrogen and oxygen atoms in total. The molecule has 3 saturated heterocycles. The first-order valence-electron chi connectivity index (χ1n) is 30.3. The Morgan fingerprint density at radius 3 is 1.31 bits per heavy atom. The Morgan fingerprint density at radius 1 is 0.550 bits per heavy atom. The highest BCUT2D eigenvalue weighted by Crippen LogP contribution is 2.36. The number of nitrogens with zero attached hydrogens (tertiary/aromatic N) is 6. The standard InChI is InChI=1S/C17H18BrN3O2S.C17H20N4O2S.C10H8BrF3N2O3.C9H13NS.C6H7BrN2.C4H2ClF3O3.CH5N/c2*1-11-9-12(10-19-15(11)18)20-16(22)17(23)21-7-3-2-5-13(21)14-6-4-8-24-14;1-5-2-6(3-15-7(5)11)16-8(17)9(18)19-4-10(12,13)14;1-2-6-10-8(4-1)9-5-3-7-11-9;1-4-2-5(8)3-9-6(4)7;5-2(9)3(10)11-1-4(6,7)8;1-2/h4,6,8-10,13H,2-3,5,7H2,1H3,(H,20,22);4,6,8-10,13H,2-3,5,7H2,1H3,(H2,18,19)(H,20,22);2-3H,4H2,1H3,(H,16,17);3,5,7-8,10H,1-2,4,6H2;2-3H,8H2,1H3;1H2;2H2,1H3. The van der Waals surface area contributed by atoms with E-state index >= 15 is 0 Å². The third-order valence-corrected chi connectivity index (χ3v) is 19.5. The molecular weight excluding hydrogens is 1600 g/mol. The lowest BCUT2D eigenvalue weighted by molar-refractivity contribution is -0.186. The summed E-state index contributed by atoms with van der Waals surface area (Å²) in [6.45, 7) is 6.13. The Kier molecular flexibility index (Phi) is 36.2. The maximum absolute atomic E-state index is 12.6. The van der Waals surface area contributed by atoms with Crippen molar-refractivity contribution in [3.05, 3.63) is 152 Å².